The highest BCUT2D eigenvalue weighted by atomic mass is 16.4. The number of likely N-dealkylation sites (tertiary alicyclic amines) is 1. The van der Waals surface area contributed by atoms with Gasteiger partial charge in [0.1, 0.15) is 6.04 Å². The number of hydrogen-bond acceptors (Lipinski definition) is 3. The van der Waals surface area contributed by atoms with E-state index in [0.29, 0.717) is 25.9 Å². The molecule has 0 unspecified atom stereocenters. The van der Waals surface area contributed by atoms with E-state index in [-0.39, 0.29) is 24.4 Å². The Kier molecular flexibility index (Phi) is 7.34. The lowest BCUT2D eigenvalue weighted by Crippen LogP contribution is -2.48. The number of carbonyl (C=O) groups is 3. The SMILES string of the molecule is O=C(NCCCC(=O)N1CCCC[C@@H]1C(=O)O)NC1CCCCC1. The van der Waals surface area contributed by atoms with Crippen LogP contribution in [0.1, 0.15) is 64.2 Å². The van der Waals surface area contributed by atoms with Crippen LogP contribution in [0.3, 0.4) is 0 Å². The van der Waals surface area contributed by atoms with E-state index in [9.17, 15) is 19.5 Å². The van der Waals surface area contributed by atoms with Crippen LogP contribution in [0, 0.1) is 0 Å². The molecule has 3 amide bonds. The first-order valence-corrected chi connectivity index (χ1v) is 9.14. The van der Waals surface area contributed by atoms with Crippen LogP contribution in [0.25, 0.3) is 0 Å². The molecule has 136 valence electrons. The highest BCUT2D eigenvalue weighted by Gasteiger charge is 2.31. The van der Waals surface area contributed by atoms with Gasteiger partial charge < -0.3 is 20.6 Å². The fourth-order valence-corrected chi connectivity index (χ4v) is 3.56. The summed E-state index contributed by atoms with van der Waals surface area (Å²) < 4.78 is 0. The van der Waals surface area contributed by atoms with Crippen LogP contribution in [-0.4, -0.2) is 53.1 Å². The quantitative estimate of drug-likeness (QED) is 0.643. The number of amides is 3. The molecular weight excluding hydrogens is 310 g/mol. The van der Waals surface area contributed by atoms with Gasteiger partial charge >= 0.3 is 12.0 Å². The number of carboxylic acids is 1. The molecule has 0 aromatic heterocycles. The molecule has 0 bridgehead atoms. The molecule has 1 atom stereocenters. The van der Waals surface area contributed by atoms with Gasteiger partial charge in [0.25, 0.3) is 0 Å². The number of urea groups is 1. The van der Waals surface area contributed by atoms with E-state index in [1.54, 1.807) is 0 Å². The van der Waals surface area contributed by atoms with Crippen molar-refractivity contribution in [3.8, 4) is 0 Å². The number of hydrogen-bond donors (Lipinski definition) is 3. The Morgan fingerprint density at radius 2 is 1.71 bits per heavy atom. The minimum atomic E-state index is -0.923. The van der Waals surface area contributed by atoms with Crippen LogP contribution in [-0.2, 0) is 9.59 Å². The van der Waals surface area contributed by atoms with Gasteiger partial charge in [-0.1, -0.05) is 19.3 Å². The monoisotopic (exact) mass is 339 g/mol. The van der Waals surface area contributed by atoms with E-state index in [1.807, 2.05) is 0 Å². The number of carbonyl (C=O) groups excluding carboxylic acids is 2. The van der Waals surface area contributed by atoms with E-state index in [1.165, 1.54) is 24.2 Å². The Morgan fingerprint density at radius 3 is 2.42 bits per heavy atom. The molecule has 7 nitrogen and oxygen atoms in total. The summed E-state index contributed by atoms with van der Waals surface area (Å²) in [6.45, 7) is 0.946. The summed E-state index contributed by atoms with van der Waals surface area (Å²) in [6, 6.07) is -0.588. The minimum Gasteiger partial charge on any atom is -0.480 e. The average molecular weight is 339 g/mol. The lowest BCUT2D eigenvalue weighted by molar-refractivity contribution is -0.152. The molecule has 3 N–H and O–H groups in total. The van der Waals surface area contributed by atoms with Gasteiger partial charge in [-0.05, 0) is 38.5 Å². The molecule has 1 saturated heterocycles. The van der Waals surface area contributed by atoms with Crippen molar-refractivity contribution in [2.75, 3.05) is 13.1 Å². The summed E-state index contributed by atoms with van der Waals surface area (Å²) in [5.74, 6) is -1.05. The predicted octanol–water partition coefficient (Wildman–Crippen LogP) is 1.86. The zero-order valence-corrected chi connectivity index (χ0v) is 14.3. The highest BCUT2D eigenvalue weighted by Crippen LogP contribution is 2.19. The zero-order chi connectivity index (χ0) is 17.4. The number of nitrogens with zero attached hydrogens (tertiary/aromatic N) is 1. The van der Waals surface area contributed by atoms with Gasteiger partial charge in [0.15, 0.2) is 0 Å². The number of piperidine rings is 1. The maximum absolute atomic E-state index is 12.2. The standard InChI is InChI=1S/C17H29N3O4/c21-15(20-12-5-4-9-14(20)16(22)23)10-6-11-18-17(24)19-13-7-2-1-3-8-13/h13-14H,1-12H2,(H,22,23)(H2,18,19,24)/t14-/m1/s1. The van der Waals surface area contributed by atoms with Crippen molar-refractivity contribution < 1.29 is 19.5 Å². The maximum Gasteiger partial charge on any atom is 0.326 e. The van der Waals surface area contributed by atoms with Crippen molar-refractivity contribution in [3.05, 3.63) is 0 Å². The average Bonchev–Trinajstić information content (AvgIpc) is 2.59. The lowest BCUT2D eigenvalue weighted by atomic mass is 9.96. The second kappa shape index (κ2) is 9.49. The fourth-order valence-electron chi connectivity index (χ4n) is 3.56. The summed E-state index contributed by atoms with van der Waals surface area (Å²) >= 11 is 0. The van der Waals surface area contributed by atoms with Crippen molar-refractivity contribution in [2.24, 2.45) is 0 Å². The van der Waals surface area contributed by atoms with Crippen LogP contribution >= 0.6 is 0 Å². The zero-order valence-electron chi connectivity index (χ0n) is 14.3. The topological polar surface area (TPSA) is 98.7 Å². The summed E-state index contributed by atoms with van der Waals surface area (Å²) in [5, 5.41) is 15.0. The normalized spacial score (nSPS) is 22.0. The van der Waals surface area contributed by atoms with Crippen molar-refractivity contribution in [1.82, 2.24) is 15.5 Å². The first-order chi connectivity index (χ1) is 11.6. The highest BCUT2D eigenvalue weighted by molar-refractivity contribution is 5.84. The van der Waals surface area contributed by atoms with Gasteiger partial charge in [-0.2, -0.15) is 0 Å². The second-order valence-corrected chi connectivity index (χ2v) is 6.78. The molecule has 0 aromatic carbocycles. The van der Waals surface area contributed by atoms with E-state index in [0.717, 1.165) is 25.7 Å². The van der Waals surface area contributed by atoms with Crippen LogP contribution in [0.4, 0.5) is 4.79 Å². The molecule has 0 spiro atoms. The smallest absolute Gasteiger partial charge is 0.326 e. The molecule has 1 aliphatic heterocycles. The third-order valence-electron chi connectivity index (χ3n) is 4.90. The van der Waals surface area contributed by atoms with Gasteiger partial charge in [0, 0.05) is 25.6 Å². The van der Waals surface area contributed by atoms with E-state index < -0.39 is 12.0 Å². The summed E-state index contributed by atoms with van der Waals surface area (Å²) in [4.78, 5) is 36.7. The predicted molar refractivity (Wildman–Crippen MR) is 89.6 cm³/mol. The second-order valence-electron chi connectivity index (χ2n) is 6.78. The lowest BCUT2D eigenvalue weighted by Gasteiger charge is -2.33. The van der Waals surface area contributed by atoms with Gasteiger partial charge in [-0.3, -0.25) is 4.79 Å². The van der Waals surface area contributed by atoms with Crippen molar-refractivity contribution >= 4 is 17.9 Å². The molecule has 0 radical (unpaired) electrons. The minimum absolute atomic E-state index is 0.128. The van der Waals surface area contributed by atoms with E-state index >= 15 is 0 Å². The number of carboxylic acid groups (broad SMARTS) is 1. The van der Waals surface area contributed by atoms with E-state index in [4.69, 9.17) is 0 Å². The fraction of sp³-hybridized carbons (Fsp3) is 0.824. The largest absolute Gasteiger partial charge is 0.480 e. The van der Waals surface area contributed by atoms with Crippen molar-refractivity contribution in [2.45, 2.75) is 76.3 Å². The molecule has 2 rings (SSSR count). The van der Waals surface area contributed by atoms with Crippen LogP contribution in [0.15, 0.2) is 0 Å². The first-order valence-electron chi connectivity index (χ1n) is 9.14. The molecule has 1 saturated carbocycles. The molecule has 24 heavy (non-hydrogen) atoms. The summed E-state index contributed by atoms with van der Waals surface area (Å²) in [5.41, 5.74) is 0. The molecule has 1 heterocycles. The van der Waals surface area contributed by atoms with Gasteiger partial charge in [0.2, 0.25) is 5.91 Å². The van der Waals surface area contributed by atoms with Crippen molar-refractivity contribution in [1.29, 1.82) is 0 Å². The Morgan fingerprint density at radius 1 is 1.00 bits per heavy atom. The van der Waals surface area contributed by atoms with E-state index in [2.05, 4.69) is 10.6 Å². The Balaban J connectivity index is 1.63. The first kappa shape index (κ1) is 18.5. The molecular formula is C17H29N3O4. The van der Waals surface area contributed by atoms with Crippen LogP contribution in [0.5, 0.6) is 0 Å². The Bertz CT molecular complexity index is 449. The maximum atomic E-state index is 12.2. The molecule has 1 aliphatic carbocycles. The van der Waals surface area contributed by atoms with Gasteiger partial charge in [0.05, 0.1) is 0 Å². The third-order valence-corrected chi connectivity index (χ3v) is 4.90. The van der Waals surface area contributed by atoms with Crippen molar-refractivity contribution in [3.63, 3.8) is 0 Å². The van der Waals surface area contributed by atoms with Gasteiger partial charge in [-0.15, -0.1) is 0 Å². The molecule has 2 fully saturated rings. The number of nitrogens with one attached hydrogen (secondary N) is 2. The van der Waals surface area contributed by atoms with Crippen LogP contribution in [0.2, 0.25) is 0 Å². The summed E-state index contributed by atoms with van der Waals surface area (Å²) in [7, 11) is 0. The van der Waals surface area contributed by atoms with Gasteiger partial charge in [-0.25, -0.2) is 9.59 Å². The molecule has 0 aromatic rings. The number of aliphatic carboxylic acids is 1. The Hall–Kier alpha value is -1.79. The Labute approximate surface area is 143 Å². The molecule has 2 aliphatic rings. The summed E-state index contributed by atoms with van der Waals surface area (Å²) in [6.07, 6.45) is 8.70. The molecule has 7 heteroatoms. The van der Waals surface area contributed by atoms with Crippen LogP contribution < -0.4 is 10.6 Å². The number of rotatable bonds is 6. The third kappa shape index (κ3) is 5.69.